The molecule has 0 bridgehead atoms. The van der Waals surface area contributed by atoms with Crippen LogP contribution in [-0.2, 0) is 12.5 Å². The van der Waals surface area contributed by atoms with Gasteiger partial charge in [0, 0.05) is 18.0 Å². The zero-order chi connectivity index (χ0) is 24.1. The zero-order valence-electron chi connectivity index (χ0n) is 18.2. The van der Waals surface area contributed by atoms with Crippen molar-refractivity contribution in [2.45, 2.75) is 32.5 Å². The van der Waals surface area contributed by atoms with Crippen molar-refractivity contribution < 1.29 is 17.9 Å². The van der Waals surface area contributed by atoms with E-state index in [-0.39, 0.29) is 51.3 Å². The molecule has 0 aliphatic heterocycles. The van der Waals surface area contributed by atoms with Crippen molar-refractivity contribution >= 4 is 52.2 Å². The van der Waals surface area contributed by atoms with E-state index in [0.717, 1.165) is 0 Å². The molecule has 11 heteroatoms. The number of nitriles is 1. The first-order chi connectivity index (χ1) is 15.4. The summed E-state index contributed by atoms with van der Waals surface area (Å²) in [5, 5.41) is 14.6. The molecule has 2 aromatic heterocycles. The molecule has 4 aromatic rings. The first-order valence-corrected chi connectivity index (χ1v) is 10.3. The third-order valence-electron chi connectivity index (χ3n) is 5.06. The normalized spacial score (nSPS) is 11.9. The van der Waals surface area contributed by atoms with Gasteiger partial charge in [0.05, 0.1) is 21.7 Å². The second-order valence-electron chi connectivity index (χ2n) is 8.54. The number of nitrogens with one attached hydrogen (secondary N) is 1. The number of nitrogens with zero attached hydrogens (tertiary/aromatic N) is 4. The van der Waals surface area contributed by atoms with Gasteiger partial charge < -0.3 is 9.72 Å². The number of aryl methyl sites for hydroxylation is 1. The van der Waals surface area contributed by atoms with E-state index in [0.29, 0.717) is 39.4 Å². The number of imidazole rings is 1. The molecule has 0 saturated carbocycles. The summed E-state index contributed by atoms with van der Waals surface area (Å²) in [5.74, 6) is 0.0373. The van der Waals surface area contributed by atoms with E-state index in [2.05, 4.69) is 25.9 Å². The van der Waals surface area contributed by atoms with Crippen molar-refractivity contribution in [1.29, 1.82) is 5.26 Å². The Labute approximate surface area is 221 Å². The Morgan fingerprint density at radius 3 is 2.44 bits per heavy atom. The molecule has 0 fully saturated rings. The van der Waals surface area contributed by atoms with Gasteiger partial charge in [0.2, 0.25) is 0 Å². The number of hydrogen-bond acceptors (Lipinski definition) is 4. The van der Waals surface area contributed by atoms with Gasteiger partial charge in [-0.2, -0.15) is 10.4 Å². The first kappa shape index (κ1) is 26.1. The van der Waals surface area contributed by atoms with Crippen LogP contribution in [0.3, 0.4) is 0 Å². The van der Waals surface area contributed by atoms with Crippen LogP contribution in [-0.4, -0.2) is 55.7 Å². The van der Waals surface area contributed by atoms with Crippen LogP contribution in [0.4, 0.5) is 13.2 Å². The Hall–Kier alpha value is -2.51. The molecule has 4 rings (SSSR count). The number of ether oxygens (including phenoxy) is 1. The van der Waals surface area contributed by atoms with Gasteiger partial charge in [-0.15, -0.1) is 13.2 Å². The van der Waals surface area contributed by atoms with E-state index >= 15 is 0 Å². The van der Waals surface area contributed by atoms with Crippen molar-refractivity contribution in [2.75, 3.05) is 0 Å². The average molecular weight is 498 g/mol. The fraction of sp³-hybridized carbons (Fsp3) is 0.261. The number of aromatic amines is 1. The third kappa shape index (κ3) is 4.96. The Morgan fingerprint density at radius 1 is 1.15 bits per heavy atom. The molecule has 1 N–H and O–H groups in total. The van der Waals surface area contributed by atoms with Crippen molar-refractivity contribution in [1.82, 2.24) is 19.7 Å². The van der Waals surface area contributed by atoms with Gasteiger partial charge in [0.25, 0.3) is 0 Å². The van der Waals surface area contributed by atoms with Gasteiger partial charge in [0.15, 0.2) is 5.82 Å². The summed E-state index contributed by atoms with van der Waals surface area (Å²) in [5.41, 5.74) is 2.71. The number of aromatic nitrogens is 4. The Kier molecular flexibility index (Phi) is 7.11. The van der Waals surface area contributed by atoms with E-state index < -0.39 is 6.36 Å². The summed E-state index contributed by atoms with van der Waals surface area (Å²) in [6.45, 7) is 5.88. The fourth-order valence-corrected chi connectivity index (χ4v) is 3.95. The maximum absolute atomic E-state index is 12.9. The average Bonchev–Trinajstić information content (AvgIpc) is 3.27. The van der Waals surface area contributed by atoms with Crippen LogP contribution in [0.2, 0.25) is 5.02 Å². The van der Waals surface area contributed by atoms with Crippen LogP contribution in [0, 0.1) is 11.3 Å². The summed E-state index contributed by atoms with van der Waals surface area (Å²) < 4.78 is 44.3. The van der Waals surface area contributed by atoms with Crippen LogP contribution in [0.25, 0.3) is 33.7 Å². The van der Waals surface area contributed by atoms with Crippen molar-refractivity contribution in [2.24, 2.45) is 7.05 Å². The second kappa shape index (κ2) is 9.27. The molecule has 2 heterocycles. The van der Waals surface area contributed by atoms with Crippen molar-refractivity contribution in [3.8, 4) is 34.5 Å². The molecule has 0 unspecified atom stereocenters. The van der Waals surface area contributed by atoms with Crippen LogP contribution in [0.5, 0.6) is 5.75 Å². The molecule has 0 amide bonds. The molecule has 0 radical (unpaired) electrons. The molecule has 0 atom stereocenters. The monoisotopic (exact) mass is 497 g/mol. The number of hydrogen-bond donors (Lipinski definition) is 1. The van der Waals surface area contributed by atoms with E-state index in [1.54, 1.807) is 29.9 Å². The Bertz CT molecular complexity index is 1410. The fourth-order valence-electron chi connectivity index (χ4n) is 3.68. The Morgan fingerprint density at radius 2 is 1.82 bits per heavy atom. The first-order valence-electron chi connectivity index (χ1n) is 9.91. The number of para-hydroxylation sites is 1. The predicted molar refractivity (Wildman–Crippen MR) is 126 cm³/mol. The van der Waals surface area contributed by atoms with Crippen molar-refractivity contribution in [3.05, 3.63) is 52.7 Å². The molecular weight excluding hydrogens is 478 g/mol. The van der Waals surface area contributed by atoms with Crippen LogP contribution >= 0.6 is 11.6 Å². The Balaban J connectivity index is 0.00000324. The third-order valence-corrected chi connectivity index (χ3v) is 5.36. The summed E-state index contributed by atoms with van der Waals surface area (Å²) in [4.78, 5) is 7.71. The van der Waals surface area contributed by atoms with E-state index in [4.69, 9.17) is 11.6 Å². The van der Waals surface area contributed by atoms with Gasteiger partial charge >= 0.3 is 35.9 Å². The number of rotatable bonds is 3. The zero-order valence-corrected chi connectivity index (χ0v) is 18.9. The molecule has 2 aromatic carbocycles. The number of halogens is 4. The van der Waals surface area contributed by atoms with E-state index in [1.807, 2.05) is 20.8 Å². The molecule has 0 saturated heterocycles. The van der Waals surface area contributed by atoms with Crippen LogP contribution in [0.1, 0.15) is 32.0 Å². The SMILES string of the molecule is Cn1nc(C(C)(C)C)c(C#N)c1-c1nc2cc(-c3ccccc3OC(F)(F)F)cc(Cl)c2[nH]1.[NaH]. The molecule has 34 heavy (non-hydrogen) atoms. The topological polar surface area (TPSA) is 79.5 Å². The standard InChI is InChI=1S/C23H19ClF3N5O.Na.H/c1-22(2,3)20-14(11-28)19(32(4)31-20)21-29-16-10-12(9-15(24)18(16)30-21)13-7-5-6-8-17(13)33-23(25,26)27;;/h5-10H,1-4H3,(H,29,30);;. The minimum absolute atomic E-state index is 0. The van der Waals surface area contributed by atoms with E-state index in [9.17, 15) is 18.4 Å². The van der Waals surface area contributed by atoms with E-state index in [1.165, 1.54) is 18.2 Å². The number of fused-ring (bicyclic) bond motifs is 1. The van der Waals surface area contributed by atoms with Crippen LogP contribution < -0.4 is 4.74 Å². The summed E-state index contributed by atoms with van der Waals surface area (Å²) >= 11 is 6.47. The molecule has 6 nitrogen and oxygen atoms in total. The molecule has 0 spiro atoms. The number of benzene rings is 2. The van der Waals surface area contributed by atoms with Crippen LogP contribution in [0.15, 0.2) is 36.4 Å². The quantitative estimate of drug-likeness (QED) is 0.368. The molecular formula is C23H20ClF3N5NaO. The molecule has 0 aliphatic rings. The molecule has 0 aliphatic carbocycles. The van der Waals surface area contributed by atoms with Gasteiger partial charge in [-0.25, -0.2) is 4.98 Å². The van der Waals surface area contributed by atoms with Gasteiger partial charge in [-0.1, -0.05) is 50.6 Å². The number of alkyl halides is 3. The maximum atomic E-state index is 12.9. The van der Waals surface area contributed by atoms with Gasteiger partial charge in [-0.3, -0.25) is 4.68 Å². The van der Waals surface area contributed by atoms with Gasteiger partial charge in [0.1, 0.15) is 23.1 Å². The predicted octanol–water partition coefficient (Wildman–Crippen LogP) is 5.70. The van der Waals surface area contributed by atoms with Gasteiger partial charge in [-0.05, 0) is 23.8 Å². The van der Waals surface area contributed by atoms with Crippen molar-refractivity contribution in [3.63, 3.8) is 0 Å². The minimum atomic E-state index is -4.83. The summed E-state index contributed by atoms with van der Waals surface area (Å²) in [6, 6.07) is 11.2. The second-order valence-corrected chi connectivity index (χ2v) is 8.95. The number of H-pyrrole nitrogens is 1. The summed E-state index contributed by atoms with van der Waals surface area (Å²) in [7, 11) is 1.72. The summed E-state index contributed by atoms with van der Waals surface area (Å²) in [6.07, 6.45) is -4.83. The molecule has 172 valence electrons.